The Kier molecular flexibility index (Phi) is 14.5. The molecule has 3 nitrogen and oxygen atoms in total. The Hall–Kier alpha value is -11.7. The van der Waals surface area contributed by atoms with Gasteiger partial charge in [-0.2, -0.15) is 0 Å². The van der Waals surface area contributed by atoms with E-state index in [9.17, 15) is 0 Å². The number of hydrogen-bond acceptors (Lipinski definition) is 3. The van der Waals surface area contributed by atoms with Gasteiger partial charge in [-0.3, -0.25) is 0 Å². The molecule has 13 aromatic carbocycles. The minimum absolute atomic E-state index is 0.124. The molecule has 93 heavy (non-hydrogen) atoms. The fraction of sp³-hybridized carbons (Fsp3) is 0.0238. The molecule has 0 radical (unpaired) electrons. The van der Waals surface area contributed by atoms with Crippen LogP contribution in [0.5, 0.6) is 23.0 Å². The van der Waals surface area contributed by atoms with Crippen molar-refractivity contribution in [1.82, 2.24) is 0 Å². The molecule has 15 rings (SSSR count). The summed E-state index contributed by atoms with van der Waals surface area (Å²) >= 11 is 0. The van der Waals surface area contributed by atoms with Crippen molar-refractivity contribution in [2.75, 3.05) is 4.90 Å². The predicted molar refractivity (Wildman–Crippen MR) is 360 cm³/mol. The van der Waals surface area contributed by atoms with Gasteiger partial charge in [-0.1, -0.05) is 207 Å². The second kappa shape index (κ2) is 23.3. The molecule has 0 aliphatic heterocycles. The first-order valence-electron chi connectivity index (χ1n) is 30.3. The standard InChI is InChI=1S/C84H53F6NO2/c1-3-52-24-34-63(35-25-52)92-65-38-28-58(29-39-65)83(73-44-46-77(85)81(89)79(73)87)71-22-10-8-20-67(71)69-42-32-61(50-75(69)83)91(60-19-13-18-57(49-60)56-17-12-16-55(48-56)54-14-6-5-7-15-54)62-33-43-70-68-21-9-11-23-72(68)84(76(70)51-62,74-45-47-78(86)82(90)80(74)88)59-30-40-66(41-31-59)93-64-36-26-53(4-2)27-37-64/h3-51H,1-2H2. The molecule has 13 aromatic rings. The van der Waals surface area contributed by atoms with E-state index in [0.29, 0.717) is 84.6 Å². The zero-order chi connectivity index (χ0) is 63.5. The summed E-state index contributed by atoms with van der Waals surface area (Å²) in [6.45, 7) is 7.72. The van der Waals surface area contributed by atoms with E-state index in [2.05, 4.69) is 48.4 Å². The summed E-state index contributed by atoms with van der Waals surface area (Å²) in [6.07, 6.45) is 3.48. The number of hydrogen-bond donors (Lipinski definition) is 0. The van der Waals surface area contributed by atoms with Crippen LogP contribution < -0.4 is 14.4 Å². The van der Waals surface area contributed by atoms with E-state index in [4.69, 9.17) is 9.47 Å². The number of nitrogens with zero attached hydrogens (tertiary/aromatic N) is 1. The highest BCUT2D eigenvalue weighted by Gasteiger charge is 2.51. The molecule has 0 amide bonds. The molecule has 0 heterocycles. The molecular weight excluding hydrogens is 1170 g/mol. The molecule has 0 spiro atoms. The number of halogens is 6. The highest BCUT2D eigenvalue weighted by atomic mass is 19.2. The van der Waals surface area contributed by atoms with Gasteiger partial charge in [0.2, 0.25) is 0 Å². The second-order valence-electron chi connectivity index (χ2n) is 23.1. The monoisotopic (exact) mass is 1220 g/mol. The molecular formula is C84H53F6NO2. The normalized spacial score (nSPS) is 14.9. The fourth-order valence-corrected chi connectivity index (χ4v) is 13.9. The molecule has 0 bridgehead atoms. The van der Waals surface area contributed by atoms with Crippen LogP contribution in [0, 0.1) is 34.9 Å². The zero-order valence-corrected chi connectivity index (χ0v) is 49.7. The van der Waals surface area contributed by atoms with Gasteiger partial charge in [0, 0.05) is 28.2 Å². The highest BCUT2D eigenvalue weighted by Crippen LogP contribution is 2.61. The van der Waals surface area contributed by atoms with E-state index in [-0.39, 0.29) is 11.1 Å². The Morgan fingerprint density at radius 1 is 0.280 bits per heavy atom. The van der Waals surface area contributed by atoms with Crippen molar-refractivity contribution in [3.05, 3.63) is 389 Å². The second-order valence-corrected chi connectivity index (χ2v) is 23.1. The van der Waals surface area contributed by atoms with Crippen molar-refractivity contribution in [2.24, 2.45) is 0 Å². The lowest BCUT2D eigenvalue weighted by Crippen LogP contribution is -2.31. The van der Waals surface area contributed by atoms with E-state index in [1.165, 1.54) is 12.1 Å². The van der Waals surface area contributed by atoms with Crippen molar-refractivity contribution >= 4 is 29.2 Å². The van der Waals surface area contributed by atoms with E-state index in [0.717, 1.165) is 56.6 Å². The summed E-state index contributed by atoms with van der Waals surface area (Å²) in [4.78, 5) is 2.05. The van der Waals surface area contributed by atoms with Gasteiger partial charge in [0.1, 0.15) is 23.0 Å². The van der Waals surface area contributed by atoms with Crippen molar-refractivity contribution < 1.29 is 35.8 Å². The Bertz CT molecular complexity index is 4830. The zero-order valence-electron chi connectivity index (χ0n) is 49.7. The van der Waals surface area contributed by atoms with Crippen LogP contribution in [0.4, 0.5) is 43.4 Å². The van der Waals surface area contributed by atoms with Crippen LogP contribution in [-0.4, -0.2) is 0 Å². The lowest BCUT2D eigenvalue weighted by molar-refractivity contribution is 0.435. The molecule has 0 N–H and O–H groups in total. The molecule has 2 aliphatic carbocycles. The number of benzene rings is 13. The molecule has 448 valence electrons. The number of rotatable bonds is 15. The SMILES string of the molecule is C=Cc1ccc(Oc2ccc(C3(c4ccc(F)c(F)c4F)c4ccccc4-c4ccc(N(c5cccc(-c6cccc(-c7ccccc7)c6)c5)c5ccc6c(c5)C(c5ccc(Oc7ccc(C=C)cc7)cc5)(c5ccc(F)c(F)c5F)c5ccccc5-6)cc43)cc2)cc1. The van der Waals surface area contributed by atoms with Gasteiger partial charge < -0.3 is 14.4 Å². The molecule has 0 aromatic heterocycles. The third-order valence-electron chi connectivity index (χ3n) is 18.1. The van der Waals surface area contributed by atoms with Crippen LogP contribution in [0.3, 0.4) is 0 Å². The van der Waals surface area contributed by atoms with Crippen LogP contribution >= 0.6 is 0 Å². The lowest BCUT2D eigenvalue weighted by Gasteiger charge is -2.36. The van der Waals surface area contributed by atoms with Gasteiger partial charge >= 0.3 is 0 Å². The van der Waals surface area contributed by atoms with Crippen LogP contribution in [0.15, 0.2) is 298 Å². The van der Waals surface area contributed by atoms with E-state index in [1.807, 2.05) is 206 Å². The molecule has 0 saturated carbocycles. The van der Waals surface area contributed by atoms with Crippen molar-refractivity contribution in [1.29, 1.82) is 0 Å². The molecule has 2 unspecified atom stereocenters. The summed E-state index contributed by atoms with van der Waals surface area (Å²) < 4.78 is 111. The summed E-state index contributed by atoms with van der Waals surface area (Å²) in [5, 5.41) is 0. The van der Waals surface area contributed by atoms with Gasteiger partial charge in [0.25, 0.3) is 0 Å². The third kappa shape index (κ3) is 9.62. The van der Waals surface area contributed by atoms with Gasteiger partial charge in [0.05, 0.1) is 10.8 Å². The summed E-state index contributed by atoms with van der Waals surface area (Å²) in [5.41, 5.74) is 10.3. The quantitative estimate of drug-likeness (QED) is 0.0754. The minimum atomic E-state index is -1.63. The smallest absolute Gasteiger partial charge is 0.194 e. The molecule has 0 fully saturated rings. The first kappa shape index (κ1) is 57.7. The van der Waals surface area contributed by atoms with Crippen molar-refractivity contribution in [3.63, 3.8) is 0 Å². The average Bonchev–Trinajstić information content (AvgIpc) is 1.57. The number of anilines is 3. The van der Waals surface area contributed by atoms with Crippen LogP contribution in [-0.2, 0) is 10.8 Å². The molecule has 2 atom stereocenters. The maximum atomic E-state index is 17.5. The molecule has 9 heteroatoms. The van der Waals surface area contributed by atoms with Crippen LogP contribution in [0.1, 0.15) is 55.6 Å². The summed E-state index contributed by atoms with van der Waals surface area (Å²) in [5.74, 6) is -6.53. The highest BCUT2D eigenvalue weighted by molar-refractivity contribution is 5.93. The lowest BCUT2D eigenvalue weighted by atomic mass is 9.67. The predicted octanol–water partition coefficient (Wildman–Crippen LogP) is 22.9. The third-order valence-corrected chi connectivity index (χ3v) is 18.1. The van der Waals surface area contributed by atoms with Crippen LogP contribution in [0.2, 0.25) is 0 Å². The van der Waals surface area contributed by atoms with Crippen molar-refractivity contribution in [3.8, 4) is 67.5 Å². The maximum absolute atomic E-state index is 17.5. The Balaban J connectivity index is 0.969. The number of ether oxygens (including phenoxy) is 2. The van der Waals surface area contributed by atoms with E-state index < -0.39 is 45.7 Å². The minimum Gasteiger partial charge on any atom is -0.457 e. The van der Waals surface area contributed by atoms with E-state index in [1.54, 1.807) is 36.4 Å². The van der Waals surface area contributed by atoms with Gasteiger partial charge in [0.15, 0.2) is 34.9 Å². The molecule has 2 aliphatic rings. The Morgan fingerprint density at radius 2 is 0.645 bits per heavy atom. The first-order chi connectivity index (χ1) is 45.5. The summed E-state index contributed by atoms with van der Waals surface area (Å²) in [6, 6.07) is 87.2. The Labute approximate surface area is 534 Å². The van der Waals surface area contributed by atoms with Crippen molar-refractivity contribution in [2.45, 2.75) is 10.8 Å². The van der Waals surface area contributed by atoms with Gasteiger partial charge in [-0.25, -0.2) is 26.3 Å². The van der Waals surface area contributed by atoms with Gasteiger partial charge in [-0.05, 0) is 192 Å². The van der Waals surface area contributed by atoms with Crippen LogP contribution in [0.25, 0.3) is 56.7 Å². The maximum Gasteiger partial charge on any atom is 0.194 e. The van der Waals surface area contributed by atoms with E-state index >= 15 is 26.3 Å². The largest absolute Gasteiger partial charge is 0.457 e. The van der Waals surface area contributed by atoms with Gasteiger partial charge in [-0.15, -0.1) is 0 Å². The molecule has 0 saturated heterocycles. The fourth-order valence-electron chi connectivity index (χ4n) is 13.9. The Morgan fingerprint density at radius 3 is 1.10 bits per heavy atom. The number of fused-ring (bicyclic) bond motifs is 6. The first-order valence-corrected chi connectivity index (χ1v) is 30.3. The average molecular weight is 1220 g/mol. The topological polar surface area (TPSA) is 21.7 Å². The summed E-state index contributed by atoms with van der Waals surface area (Å²) in [7, 11) is 0.